The molecule has 0 spiro atoms. The average molecular weight is 241 g/mol. The topological polar surface area (TPSA) is 58.6 Å². The normalized spacial score (nSPS) is 11.3. The van der Waals surface area contributed by atoms with Crippen LogP contribution in [-0.2, 0) is 4.74 Å². The summed E-state index contributed by atoms with van der Waals surface area (Å²) in [5.74, 6) is -1.36. The van der Waals surface area contributed by atoms with Crippen LogP contribution in [0.25, 0.3) is 0 Å². The van der Waals surface area contributed by atoms with E-state index < -0.39 is 17.3 Å². The number of rotatable bonds is 4. The number of nitrogens with one attached hydrogen (secondary N) is 1. The van der Waals surface area contributed by atoms with Crippen molar-refractivity contribution in [2.45, 2.75) is 19.4 Å². The number of benzene rings is 1. The standard InChI is InChI=1S/C12H16FNO3/c1-12(2,17-3)7-14-11(16)9-6-8(13)4-5-10(9)15/h4-6,15H,7H2,1-3H3,(H,14,16). The Hall–Kier alpha value is -1.62. The summed E-state index contributed by atoms with van der Waals surface area (Å²) in [5.41, 5.74) is -0.601. The van der Waals surface area contributed by atoms with E-state index in [4.69, 9.17) is 4.74 Å². The molecular weight excluding hydrogens is 225 g/mol. The second-order valence-electron chi connectivity index (χ2n) is 4.31. The van der Waals surface area contributed by atoms with Gasteiger partial charge in [-0.2, -0.15) is 0 Å². The highest BCUT2D eigenvalue weighted by Crippen LogP contribution is 2.17. The van der Waals surface area contributed by atoms with Crippen LogP contribution in [0.4, 0.5) is 4.39 Å². The first-order valence-electron chi connectivity index (χ1n) is 5.17. The fourth-order valence-electron chi connectivity index (χ4n) is 1.15. The molecule has 0 aliphatic rings. The molecule has 0 unspecified atom stereocenters. The van der Waals surface area contributed by atoms with Gasteiger partial charge in [0.2, 0.25) is 0 Å². The van der Waals surface area contributed by atoms with Gasteiger partial charge in [0, 0.05) is 13.7 Å². The van der Waals surface area contributed by atoms with Gasteiger partial charge >= 0.3 is 0 Å². The summed E-state index contributed by atoms with van der Waals surface area (Å²) >= 11 is 0. The SMILES string of the molecule is COC(C)(C)CNC(=O)c1cc(F)ccc1O. The summed E-state index contributed by atoms with van der Waals surface area (Å²) in [7, 11) is 1.53. The van der Waals surface area contributed by atoms with Crippen LogP contribution >= 0.6 is 0 Å². The summed E-state index contributed by atoms with van der Waals surface area (Å²) in [4.78, 5) is 11.7. The third-order valence-electron chi connectivity index (χ3n) is 2.43. The number of amides is 1. The molecule has 2 N–H and O–H groups in total. The van der Waals surface area contributed by atoms with Gasteiger partial charge in [-0.1, -0.05) is 0 Å². The highest BCUT2D eigenvalue weighted by molar-refractivity contribution is 5.96. The Morgan fingerprint density at radius 1 is 1.53 bits per heavy atom. The van der Waals surface area contributed by atoms with E-state index in [1.165, 1.54) is 7.11 Å². The Balaban J connectivity index is 2.74. The average Bonchev–Trinajstić information content (AvgIpc) is 2.29. The summed E-state index contributed by atoms with van der Waals surface area (Å²) in [6.45, 7) is 3.87. The van der Waals surface area contributed by atoms with Crippen molar-refractivity contribution in [1.29, 1.82) is 0 Å². The molecule has 0 saturated carbocycles. The number of hydrogen-bond donors (Lipinski definition) is 2. The Kier molecular flexibility index (Phi) is 4.07. The largest absolute Gasteiger partial charge is 0.507 e. The van der Waals surface area contributed by atoms with Crippen LogP contribution in [0, 0.1) is 5.82 Å². The Labute approximate surface area is 99.4 Å². The monoisotopic (exact) mass is 241 g/mol. The fourth-order valence-corrected chi connectivity index (χ4v) is 1.15. The number of aromatic hydroxyl groups is 1. The van der Waals surface area contributed by atoms with Gasteiger partial charge in [0.25, 0.3) is 5.91 Å². The number of ether oxygens (including phenoxy) is 1. The van der Waals surface area contributed by atoms with E-state index in [2.05, 4.69) is 5.32 Å². The van der Waals surface area contributed by atoms with Crippen molar-refractivity contribution in [3.63, 3.8) is 0 Å². The number of carbonyl (C=O) groups is 1. The maximum absolute atomic E-state index is 12.9. The summed E-state index contributed by atoms with van der Waals surface area (Å²) < 4.78 is 18.1. The first-order valence-corrected chi connectivity index (χ1v) is 5.17. The minimum atomic E-state index is -0.570. The number of phenols is 1. The Morgan fingerprint density at radius 2 is 2.18 bits per heavy atom. The van der Waals surface area contributed by atoms with Crippen LogP contribution in [0.5, 0.6) is 5.75 Å². The zero-order chi connectivity index (χ0) is 13.1. The Bertz CT molecular complexity index is 418. The summed E-state index contributed by atoms with van der Waals surface area (Å²) in [6.07, 6.45) is 0. The molecule has 17 heavy (non-hydrogen) atoms. The van der Waals surface area contributed by atoms with Crippen molar-refractivity contribution in [1.82, 2.24) is 5.32 Å². The molecule has 1 rings (SSSR count). The maximum Gasteiger partial charge on any atom is 0.255 e. The third-order valence-corrected chi connectivity index (χ3v) is 2.43. The molecule has 1 amide bonds. The minimum Gasteiger partial charge on any atom is -0.507 e. The predicted molar refractivity (Wildman–Crippen MR) is 61.5 cm³/mol. The van der Waals surface area contributed by atoms with Crippen molar-refractivity contribution in [3.8, 4) is 5.75 Å². The molecular formula is C12H16FNO3. The van der Waals surface area contributed by atoms with Gasteiger partial charge in [-0.05, 0) is 32.0 Å². The van der Waals surface area contributed by atoms with Gasteiger partial charge in [0.15, 0.2) is 0 Å². The van der Waals surface area contributed by atoms with E-state index in [0.29, 0.717) is 0 Å². The van der Waals surface area contributed by atoms with Gasteiger partial charge in [0.1, 0.15) is 11.6 Å². The van der Waals surface area contributed by atoms with Crippen molar-refractivity contribution in [2.75, 3.05) is 13.7 Å². The van der Waals surface area contributed by atoms with Crippen LogP contribution in [0.3, 0.4) is 0 Å². The van der Waals surface area contributed by atoms with E-state index >= 15 is 0 Å². The zero-order valence-corrected chi connectivity index (χ0v) is 10.1. The lowest BCUT2D eigenvalue weighted by Gasteiger charge is -2.23. The lowest BCUT2D eigenvalue weighted by Crippen LogP contribution is -2.39. The molecule has 0 aliphatic carbocycles. The maximum atomic E-state index is 12.9. The van der Waals surface area contributed by atoms with Crippen LogP contribution in [0.2, 0.25) is 0 Å². The molecule has 94 valence electrons. The molecule has 0 fully saturated rings. The predicted octanol–water partition coefficient (Wildman–Crippen LogP) is 1.69. The van der Waals surface area contributed by atoms with Crippen LogP contribution in [-0.4, -0.2) is 30.3 Å². The Morgan fingerprint density at radius 3 is 2.76 bits per heavy atom. The number of methoxy groups -OCH3 is 1. The van der Waals surface area contributed by atoms with E-state index in [0.717, 1.165) is 18.2 Å². The van der Waals surface area contributed by atoms with Crippen molar-refractivity contribution < 1.29 is 19.0 Å². The highest BCUT2D eigenvalue weighted by atomic mass is 19.1. The first kappa shape index (κ1) is 13.4. The molecule has 4 nitrogen and oxygen atoms in total. The number of halogens is 1. The van der Waals surface area contributed by atoms with Gasteiger partial charge in [-0.25, -0.2) is 4.39 Å². The summed E-state index contributed by atoms with van der Waals surface area (Å²) in [6, 6.07) is 3.22. The molecule has 0 bridgehead atoms. The molecule has 1 aromatic rings. The molecule has 0 aliphatic heterocycles. The van der Waals surface area contributed by atoms with Crippen LogP contribution in [0.1, 0.15) is 24.2 Å². The van der Waals surface area contributed by atoms with E-state index in [9.17, 15) is 14.3 Å². The second-order valence-corrected chi connectivity index (χ2v) is 4.31. The highest BCUT2D eigenvalue weighted by Gasteiger charge is 2.19. The smallest absolute Gasteiger partial charge is 0.255 e. The molecule has 0 radical (unpaired) electrons. The molecule has 0 heterocycles. The van der Waals surface area contributed by atoms with Gasteiger partial charge in [-0.15, -0.1) is 0 Å². The number of hydrogen-bond acceptors (Lipinski definition) is 3. The van der Waals surface area contributed by atoms with Crippen molar-refractivity contribution in [2.24, 2.45) is 0 Å². The lowest BCUT2D eigenvalue weighted by atomic mass is 10.1. The van der Waals surface area contributed by atoms with Gasteiger partial charge in [0.05, 0.1) is 11.2 Å². The second kappa shape index (κ2) is 5.14. The zero-order valence-electron chi connectivity index (χ0n) is 10.1. The minimum absolute atomic E-state index is 0.0862. The van der Waals surface area contributed by atoms with Gasteiger partial charge < -0.3 is 15.2 Å². The van der Waals surface area contributed by atoms with E-state index in [1.54, 1.807) is 13.8 Å². The number of phenolic OH excluding ortho intramolecular Hbond substituents is 1. The van der Waals surface area contributed by atoms with Crippen molar-refractivity contribution >= 4 is 5.91 Å². The van der Waals surface area contributed by atoms with Crippen molar-refractivity contribution in [3.05, 3.63) is 29.6 Å². The van der Waals surface area contributed by atoms with E-state index in [-0.39, 0.29) is 17.9 Å². The van der Waals surface area contributed by atoms with Crippen LogP contribution < -0.4 is 5.32 Å². The van der Waals surface area contributed by atoms with Crippen LogP contribution in [0.15, 0.2) is 18.2 Å². The third kappa shape index (κ3) is 3.71. The molecule has 1 aromatic carbocycles. The molecule has 0 saturated heterocycles. The molecule has 0 aromatic heterocycles. The van der Waals surface area contributed by atoms with E-state index in [1.807, 2.05) is 0 Å². The first-order chi connectivity index (χ1) is 7.85. The number of carbonyl (C=O) groups excluding carboxylic acids is 1. The lowest BCUT2D eigenvalue weighted by molar-refractivity contribution is 0.0228. The summed E-state index contributed by atoms with van der Waals surface area (Å²) in [5, 5.41) is 12.0. The molecule has 5 heteroatoms. The quantitative estimate of drug-likeness (QED) is 0.843. The fraction of sp³-hybridized carbons (Fsp3) is 0.417. The molecule has 0 atom stereocenters. The van der Waals surface area contributed by atoms with Gasteiger partial charge in [-0.3, -0.25) is 4.79 Å².